The largest absolute Gasteiger partial charge is 0.414 e. The molecule has 0 aromatic rings. The van der Waals surface area contributed by atoms with Gasteiger partial charge in [0.1, 0.15) is 0 Å². The van der Waals surface area contributed by atoms with Crippen LogP contribution in [0, 0.1) is 0 Å². The Hall–Kier alpha value is -1.32. The van der Waals surface area contributed by atoms with Crippen molar-refractivity contribution in [2.45, 2.75) is 6.92 Å². The third-order valence-electron chi connectivity index (χ3n) is 0.738. The van der Waals surface area contributed by atoms with E-state index in [9.17, 15) is 9.59 Å². The Morgan fingerprint density at radius 3 is 2.30 bits per heavy atom. The number of esters is 1. The standard InChI is InChI=1S/C6H9NO3/c1-4(2)5(8)10-6(9)7-3/h1H2,2-3H3,(H,7,9). The molecule has 0 aliphatic heterocycles. The second-order valence-corrected chi connectivity index (χ2v) is 1.71. The van der Waals surface area contributed by atoms with E-state index in [4.69, 9.17) is 0 Å². The number of hydrogen-bond donors (Lipinski definition) is 1. The summed E-state index contributed by atoms with van der Waals surface area (Å²) in [6.45, 7) is 4.75. The molecule has 0 rings (SSSR count). The maximum Gasteiger partial charge on any atom is 0.414 e. The van der Waals surface area contributed by atoms with Crippen molar-refractivity contribution in [3.05, 3.63) is 12.2 Å². The number of hydrogen-bond acceptors (Lipinski definition) is 3. The summed E-state index contributed by atoms with van der Waals surface area (Å²) in [5.74, 6) is -0.709. The van der Waals surface area contributed by atoms with Crippen LogP contribution in [-0.2, 0) is 9.53 Å². The van der Waals surface area contributed by atoms with Crippen LogP contribution in [0.5, 0.6) is 0 Å². The molecular formula is C6H9NO3. The van der Waals surface area contributed by atoms with Gasteiger partial charge < -0.3 is 10.1 Å². The highest BCUT2D eigenvalue weighted by Gasteiger charge is 2.07. The second-order valence-electron chi connectivity index (χ2n) is 1.71. The molecule has 4 heteroatoms. The van der Waals surface area contributed by atoms with Crippen molar-refractivity contribution < 1.29 is 14.3 Å². The maximum absolute atomic E-state index is 10.5. The lowest BCUT2D eigenvalue weighted by atomic mass is 10.4. The molecule has 4 nitrogen and oxygen atoms in total. The Balaban J connectivity index is 3.80. The average molecular weight is 143 g/mol. The van der Waals surface area contributed by atoms with Crippen LogP contribution in [0.3, 0.4) is 0 Å². The van der Waals surface area contributed by atoms with Crippen LogP contribution >= 0.6 is 0 Å². The molecule has 0 heterocycles. The molecule has 0 bridgehead atoms. The first kappa shape index (κ1) is 8.68. The minimum Gasteiger partial charge on any atom is -0.373 e. The minimum absolute atomic E-state index is 0.198. The molecule has 0 saturated carbocycles. The highest BCUT2D eigenvalue weighted by Crippen LogP contribution is 1.91. The van der Waals surface area contributed by atoms with Crippen LogP contribution in [0.25, 0.3) is 0 Å². The van der Waals surface area contributed by atoms with Gasteiger partial charge in [-0.3, -0.25) is 0 Å². The third-order valence-corrected chi connectivity index (χ3v) is 0.738. The summed E-state index contributed by atoms with van der Waals surface area (Å²) in [6.07, 6.45) is -0.770. The molecule has 0 saturated heterocycles. The van der Waals surface area contributed by atoms with E-state index in [0.29, 0.717) is 0 Å². The topological polar surface area (TPSA) is 55.4 Å². The fourth-order valence-electron chi connectivity index (χ4n) is 0.222. The van der Waals surface area contributed by atoms with Gasteiger partial charge in [-0.25, -0.2) is 9.59 Å². The molecule has 1 amide bonds. The predicted octanol–water partition coefficient (Wildman–Crippen LogP) is 0.445. The number of carbonyl (C=O) groups excluding carboxylic acids is 2. The van der Waals surface area contributed by atoms with Gasteiger partial charge >= 0.3 is 12.1 Å². The molecule has 0 atom stereocenters. The number of nitrogens with one attached hydrogen (secondary N) is 1. The molecule has 10 heavy (non-hydrogen) atoms. The fourth-order valence-corrected chi connectivity index (χ4v) is 0.222. The van der Waals surface area contributed by atoms with Crippen LogP contribution in [0.2, 0.25) is 0 Å². The molecule has 0 spiro atoms. The summed E-state index contributed by atoms with van der Waals surface area (Å²) >= 11 is 0. The molecule has 0 radical (unpaired) electrons. The molecular weight excluding hydrogens is 134 g/mol. The number of amides is 1. The van der Waals surface area contributed by atoms with Gasteiger partial charge in [0.2, 0.25) is 0 Å². The van der Waals surface area contributed by atoms with E-state index in [1.165, 1.54) is 14.0 Å². The van der Waals surface area contributed by atoms with Crippen molar-refractivity contribution in [2.24, 2.45) is 0 Å². The predicted molar refractivity (Wildman–Crippen MR) is 35.4 cm³/mol. The lowest BCUT2D eigenvalue weighted by Crippen LogP contribution is -2.22. The summed E-state index contributed by atoms with van der Waals surface area (Å²) in [5.41, 5.74) is 0.198. The van der Waals surface area contributed by atoms with Gasteiger partial charge in [0.15, 0.2) is 0 Å². The molecule has 0 unspecified atom stereocenters. The van der Waals surface area contributed by atoms with E-state index in [2.05, 4.69) is 16.6 Å². The number of carbonyl (C=O) groups is 2. The monoisotopic (exact) mass is 143 g/mol. The first-order valence-corrected chi connectivity index (χ1v) is 2.67. The molecule has 0 aliphatic rings. The Labute approximate surface area is 58.9 Å². The van der Waals surface area contributed by atoms with Crippen molar-refractivity contribution in [1.29, 1.82) is 0 Å². The number of ether oxygens (including phenoxy) is 1. The van der Waals surface area contributed by atoms with Gasteiger partial charge in [-0.05, 0) is 6.92 Å². The van der Waals surface area contributed by atoms with Crippen molar-refractivity contribution in [3.8, 4) is 0 Å². The third kappa shape index (κ3) is 2.86. The molecule has 0 aliphatic carbocycles. The van der Waals surface area contributed by atoms with E-state index in [-0.39, 0.29) is 5.57 Å². The summed E-state index contributed by atoms with van der Waals surface area (Å²) in [5, 5.41) is 2.13. The summed E-state index contributed by atoms with van der Waals surface area (Å²) in [6, 6.07) is 0. The normalized spacial score (nSPS) is 8.20. The van der Waals surface area contributed by atoms with Crippen LogP contribution in [0.4, 0.5) is 4.79 Å². The zero-order valence-electron chi connectivity index (χ0n) is 5.93. The first-order valence-electron chi connectivity index (χ1n) is 2.67. The lowest BCUT2D eigenvalue weighted by molar-refractivity contribution is -0.132. The second kappa shape index (κ2) is 3.66. The van der Waals surface area contributed by atoms with Crippen LogP contribution in [0.15, 0.2) is 12.2 Å². The summed E-state index contributed by atoms with van der Waals surface area (Å²) in [4.78, 5) is 20.9. The number of alkyl carbamates (subject to hydrolysis) is 1. The van der Waals surface area contributed by atoms with Gasteiger partial charge in [-0.1, -0.05) is 6.58 Å². The molecule has 1 N–H and O–H groups in total. The van der Waals surface area contributed by atoms with E-state index in [1.807, 2.05) is 0 Å². The van der Waals surface area contributed by atoms with Crippen molar-refractivity contribution in [2.75, 3.05) is 7.05 Å². The van der Waals surface area contributed by atoms with Crippen LogP contribution in [0.1, 0.15) is 6.92 Å². The van der Waals surface area contributed by atoms with Crippen LogP contribution in [-0.4, -0.2) is 19.1 Å². The Morgan fingerprint density at radius 2 is 2.00 bits per heavy atom. The molecule has 56 valence electrons. The van der Waals surface area contributed by atoms with Crippen molar-refractivity contribution >= 4 is 12.1 Å². The molecule has 0 aromatic carbocycles. The van der Waals surface area contributed by atoms with Gasteiger partial charge in [-0.15, -0.1) is 0 Å². The van der Waals surface area contributed by atoms with Gasteiger partial charge in [0, 0.05) is 12.6 Å². The highest BCUT2D eigenvalue weighted by atomic mass is 16.6. The minimum atomic E-state index is -0.770. The maximum atomic E-state index is 10.5. The Bertz CT molecular complexity index is 174. The Morgan fingerprint density at radius 1 is 1.50 bits per heavy atom. The summed E-state index contributed by atoms with van der Waals surface area (Å²) in [7, 11) is 1.37. The lowest BCUT2D eigenvalue weighted by Gasteiger charge is -1.98. The zero-order valence-corrected chi connectivity index (χ0v) is 5.93. The summed E-state index contributed by atoms with van der Waals surface area (Å²) < 4.78 is 4.17. The van der Waals surface area contributed by atoms with E-state index >= 15 is 0 Å². The average Bonchev–Trinajstić information content (AvgIpc) is 1.87. The molecule has 0 fully saturated rings. The van der Waals surface area contributed by atoms with Gasteiger partial charge in [0.25, 0.3) is 0 Å². The van der Waals surface area contributed by atoms with Crippen LogP contribution < -0.4 is 5.32 Å². The SMILES string of the molecule is C=C(C)C(=O)OC(=O)NC. The fraction of sp³-hybridized carbons (Fsp3) is 0.333. The van der Waals surface area contributed by atoms with E-state index in [0.717, 1.165) is 0 Å². The van der Waals surface area contributed by atoms with Crippen molar-refractivity contribution in [1.82, 2.24) is 5.32 Å². The Kier molecular flexibility index (Phi) is 3.17. The number of rotatable bonds is 1. The zero-order chi connectivity index (χ0) is 8.15. The van der Waals surface area contributed by atoms with E-state index < -0.39 is 12.1 Å². The molecule has 0 aromatic heterocycles. The van der Waals surface area contributed by atoms with Crippen molar-refractivity contribution in [3.63, 3.8) is 0 Å². The van der Waals surface area contributed by atoms with Gasteiger partial charge in [-0.2, -0.15) is 0 Å². The van der Waals surface area contributed by atoms with Gasteiger partial charge in [0.05, 0.1) is 0 Å². The highest BCUT2D eigenvalue weighted by molar-refractivity contribution is 5.94. The quantitative estimate of drug-likeness (QED) is 0.329. The van der Waals surface area contributed by atoms with E-state index in [1.54, 1.807) is 0 Å². The smallest absolute Gasteiger partial charge is 0.373 e. The first-order chi connectivity index (χ1) is 4.57.